The lowest BCUT2D eigenvalue weighted by Gasteiger charge is -2.46. The largest absolute Gasteiger partial charge is 0.480 e. The van der Waals surface area contributed by atoms with Crippen LogP contribution in [0.1, 0.15) is 12.5 Å². The van der Waals surface area contributed by atoms with Gasteiger partial charge >= 0.3 is 12.0 Å². The summed E-state index contributed by atoms with van der Waals surface area (Å²) in [6.07, 6.45) is 0. The quantitative estimate of drug-likeness (QED) is 0.888. The number of aryl methyl sites for hydroxylation is 1. The molecule has 1 aromatic carbocycles. The number of nitrogens with one attached hydrogen (secondary N) is 1. The summed E-state index contributed by atoms with van der Waals surface area (Å²) in [5.41, 5.74) is 0.453. The summed E-state index contributed by atoms with van der Waals surface area (Å²) in [6, 6.07) is 3.92. The highest BCUT2D eigenvalue weighted by atomic mass is 19.1. The summed E-state index contributed by atoms with van der Waals surface area (Å²) in [4.78, 5) is 23.9. The fourth-order valence-electron chi connectivity index (χ4n) is 2.24. The number of hydrogen-bond acceptors (Lipinski definition) is 3. The van der Waals surface area contributed by atoms with Gasteiger partial charge in [-0.05, 0) is 37.6 Å². The van der Waals surface area contributed by atoms with Crippen LogP contribution in [0.5, 0.6) is 0 Å². The second kappa shape index (κ2) is 5.69. The van der Waals surface area contributed by atoms with Crippen molar-refractivity contribution in [3.63, 3.8) is 0 Å². The molecule has 1 heterocycles. The van der Waals surface area contributed by atoms with Crippen LogP contribution in [-0.4, -0.2) is 47.3 Å². The molecule has 0 aliphatic carbocycles. The highest BCUT2D eigenvalue weighted by molar-refractivity contribution is 5.90. The fourth-order valence-corrected chi connectivity index (χ4v) is 2.24. The minimum atomic E-state index is -1.05. The van der Waals surface area contributed by atoms with Gasteiger partial charge in [0.05, 0.1) is 13.1 Å². The van der Waals surface area contributed by atoms with E-state index in [-0.39, 0.29) is 6.03 Å². The molecule has 1 saturated heterocycles. The number of carbonyl (C=O) groups is 2. The first-order valence-electron chi connectivity index (χ1n) is 6.46. The van der Waals surface area contributed by atoms with Gasteiger partial charge in [0.1, 0.15) is 18.0 Å². The van der Waals surface area contributed by atoms with Gasteiger partial charge in [-0.1, -0.05) is 0 Å². The molecule has 7 heteroatoms. The number of carboxylic acid groups (broad SMARTS) is 1. The maximum Gasteiger partial charge on any atom is 0.329 e. The SMILES string of the molecule is Cc1cc(F)cc(NC(=O)N2CC(C)(OCC(=O)O)C2)c1. The summed E-state index contributed by atoms with van der Waals surface area (Å²) in [7, 11) is 0. The monoisotopic (exact) mass is 296 g/mol. The third-order valence-corrected chi connectivity index (χ3v) is 3.18. The topological polar surface area (TPSA) is 78.9 Å². The molecule has 0 aromatic heterocycles. The minimum absolute atomic E-state index is 0.292. The Kier molecular flexibility index (Phi) is 4.13. The van der Waals surface area contributed by atoms with Gasteiger partial charge in [-0.2, -0.15) is 0 Å². The van der Waals surface area contributed by atoms with Gasteiger partial charge in [-0.3, -0.25) is 0 Å². The third-order valence-electron chi connectivity index (χ3n) is 3.18. The number of aliphatic carboxylic acids is 1. The molecule has 0 spiro atoms. The predicted molar refractivity (Wildman–Crippen MR) is 73.7 cm³/mol. The van der Waals surface area contributed by atoms with Gasteiger partial charge in [0.25, 0.3) is 0 Å². The zero-order valence-electron chi connectivity index (χ0n) is 11.9. The zero-order chi connectivity index (χ0) is 15.6. The highest BCUT2D eigenvalue weighted by Gasteiger charge is 2.42. The van der Waals surface area contributed by atoms with E-state index < -0.39 is 24.0 Å². The van der Waals surface area contributed by atoms with Gasteiger partial charge in [-0.15, -0.1) is 0 Å². The first-order valence-corrected chi connectivity index (χ1v) is 6.46. The Morgan fingerprint density at radius 3 is 2.67 bits per heavy atom. The molecule has 114 valence electrons. The van der Waals surface area contributed by atoms with E-state index in [9.17, 15) is 14.0 Å². The van der Waals surface area contributed by atoms with Gasteiger partial charge in [0.15, 0.2) is 0 Å². The molecule has 0 radical (unpaired) electrons. The van der Waals surface area contributed by atoms with Crippen molar-refractivity contribution in [2.24, 2.45) is 0 Å². The molecule has 0 unspecified atom stereocenters. The molecule has 0 saturated carbocycles. The van der Waals surface area contributed by atoms with E-state index >= 15 is 0 Å². The van der Waals surface area contributed by atoms with Gasteiger partial charge in [0, 0.05) is 5.69 Å². The third kappa shape index (κ3) is 3.91. The summed E-state index contributed by atoms with van der Waals surface area (Å²) >= 11 is 0. The Morgan fingerprint density at radius 1 is 1.43 bits per heavy atom. The highest BCUT2D eigenvalue weighted by Crippen LogP contribution is 2.25. The normalized spacial score (nSPS) is 16.2. The molecule has 1 fully saturated rings. The summed E-state index contributed by atoms with van der Waals surface area (Å²) < 4.78 is 18.4. The second-order valence-corrected chi connectivity index (χ2v) is 5.44. The fraction of sp³-hybridized carbons (Fsp3) is 0.429. The number of nitrogens with zero attached hydrogens (tertiary/aromatic N) is 1. The molecule has 1 aromatic rings. The number of likely N-dealkylation sites (tertiary alicyclic amines) is 1. The smallest absolute Gasteiger partial charge is 0.329 e. The van der Waals surface area contributed by atoms with Crippen molar-refractivity contribution in [2.75, 3.05) is 25.0 Å². The van der Waals surface area contributed by atoms with Crippen molar-refractivity contribution in [1.29, 1.82) is 0 Å². The number of rotatable bonds is 4. The van der Waals surface area contributed by atoms with Crippen molar-refractivity contribution in [3.8, 4) is 0 Å². The summed E-state index contributed by atoms with van der Waals surface area (Å²) in [6.45, 7) is 3.67. The van der Waals surface area contributed by atoms with Crippen LogP contribution in [0.4, 0.5) is 14.9 Å². The van der Waals surface area contributed by atoms with Crippen LogP contribution >= 0.6 is 0 Å². The molecule has 2 rings (SSSR count). The molecular formula is C14H17FN2O4. The van der Waals surface area contributed by atoms with E-state index in [1.54, 1.807) is 19.9 Å². The number of benzene rings is 1. The number of hydrogen-bond donors (Lipinski definition) is 2. The molecule has 0 bridgehead atoms. The zero-order valence-corrected chi connectivity index (χ0v) is 11.9. The Bertz CT molecular complexity index is 550. The van der Waals surface area contributed by atoms with Crippen LogP contribution in [-0.2, 0) is 9.53 Å². The predicted octanol–water partition coefficient (Wildman–Crippen LogP) is 1.84. The van der Waals surface area contributed by atoms with E-state index in [2.05, 4.69) is 5.32 Å². The molecule has 1 aliphatic heterocycles. The average Bonchev–Trinajstić information content (AvgIpc) is 2.31. The molecular weight excluding hydrogens is 279 g/mol. The van der Waals surface area contributed by atoms with Gasteiger partial charge in [0.2, 0.25) is 0 Å². The van der Waals surface area contributed by atoms with Crippen LogP contribution in [0.15, 0.2) is 18.2 Å². The molecule has 1 aliphatic rings. The maximum atomic E-state index is 13.2. The first-order chi connectivity index (χ1) is 9.77. The lowest BCUT2D eigenvalue weighted by molar-refractivity contribution is -0.159. The number of carboxylic acids is 1. The number of ether oxygens (including phenoxy) is 1. The Labute approximate surface area is 121 Å². The van der Waals surface area contributed by atoms with Crippen molar-refractivity contribution in [3.05, 3.63) is 29.6 Å². The number of urea groups is 1. The number of amides is 2. The van der Waals surface area contributed by atoms with Crippen molar-refractivity contribution >= 4 is 17.7 Å². The molecule has 0 atom stereocenters. The lowest BCUT2D eigenvalue weighted by Crippen LogP contribution is -2.64. The van der Waals surface area contributed by atoms with Gasteiger partial charge in [-0.25, -0.2) is 14.0 Å². The second-order valence-electron chi connectivity index (χ2n) is 5.44. The lowest BCUT2D eigenvalue weighted by atomic mass is 9.97. The Hall–Kier alpha value is -2.15. The molecule has 6 nitrogen and oxygen atoms in total. The van der Waals surface area contributed by atoms with Crippen molar-refractivity contribution < 1.29 is 23.8 Å². The Morgan fingerprint density at radius 2 is 2.10 bits per heavy atom. The Balaban J connectivity index is 1.87. The molecule has 2 N–H and O–H groups in total. The first kappa shape index (κ1) is 15.2. The maximum absolute atomic E-state index is 13.2. The average molecular weight is 296 g/mol. The van der Waals surface area contributed by atoms with E-state index in [0.29, 0.717) is 24.3 Å². The van der Waals surface area contributed by atoms with Crippen LogP contribution in [0.2, 0.25) is 0 Å². The van der Waals surface area contributed by atoms with E-state index in [0.717, 1.165) is 0 Å². The van der Waals surface area contributed by atoms with E-state index in [4.69, 9.17) is 9.84 Å². The van der Waals surface area contributed by atoms with E-state index in [1.807, 2.05) is 0 Å². The van der Waals surface area contributed by atoms with Crippen LogP contribution < -0.4 is 5.32 Å². The number of carbonyl (C=O) groups excluding carboxylic acids is 1. The van der Waals surface area contributed by atoms with E-state index in [1.165, 1.54) is 17.0 Å². The standard InChI is InChI=1S/C14H17FN2O4/c1-9-3-10(15)5-11(4-9)16-13(20)17-7-14(2,8-17)21-6-12(18)19/h3-5H,6-8H2,1-2H3,(H,16,20)(H,18,19). The van der Waals surface area contributed by atoms with Crippen molar-refractivity contribution in [1.82, 2.24) is 4.90 Å². The number of anilines is 1. The van der Waals surface area contributed by atoms with Crippen LogP contribution in [0.25, 0.3) is 0 Å². The summed E-state index contributed by atoms with van der Waals surface area (Å²) in [5, 5.41) is 11.2. The van der Waals surface area contributed by atoms with Crippen LogP contribution in [0.3, 0.4) is 0 Å². The minimum Gasteiger partial charge on any atom is -0.480 e. The molecule has 21 heavy (non-hydrogen) atoms. The van der Waals surface area contributed by atoms with Crippen LogP contribution in [0, 0.1) is 12.7 Å². The van der Waals surface area contributed by atoms with Crippen molar-refractivity contribution in [2.45, 2.75) is 19.4 Å². The van der Waals surface area contributed by atoms with Gasteiger partial charge < -0.3 is 20.1 Å². The number of halogens is 1. The molecule has 2 amide bonds. The summed E-state index contributed by atoms with van der Waals surface area (Å²) in [5.74, 6) is -1.46.